The summed E-state index contributed by atoms with van der Waals surface area (Å²) in [6, 6.07) is 0. The summed E-state index contributed by atoms with van der Waals surface area (Å²) in [5.74, 6) is 8.59. The molecule has 0 aromatic rings. The first-order chi connectivity index (χ1) is 2.81. The lowest BCUT2D eigenvalue weighted by atomic mass is 13.6. The third kappa shape index (κ3) is 2.47. The summed E-state index contributed by atoms with van der Waals surface area (Å²) in [6.45, 7) is 0. The Morgan fingerprint density at radius 2 is 1.67 bits per heavy atom. The van der Waals surface area contributed by atoms with Crippen LogP contribution in [0.3, 0.4) is 0 Å². The van der Waals surface area contributed by atoms with Crippen LogP contribution in [0.4, 0.5) is 0 Å². The van der Waals surface area contributed by atoms with Crippen molar-refractivity contribution in [3.8, 4) is 0 Å². The SMILES string of the molecule is NOP([O-])ON. The summed E-state index contributed by atoms with van der Waals surface area (Å²) in [4.78, 5) is 9.63. The molecule has 0 amide bonds. The van der Waals surface area contributed by atoms with Gasteiger partial charge < -0.3 is 4.89 Å². The Bertz CT molecular complexity index is 28.0. The maximum absolute atomic E-state index is 9.63. The van der Waals surface area contributed by atoms with Crippen molar-refractivity contribution in [3.63, 3.8) is 0 Å². The Hall–Kier alpha value is 0.230. The van der Waals surface area contributed by atoms with Crippen molar-refractivity contribution in [1.82, 2.24) is 0 Å². The fraction of sp³-hybridized carbons (Fsp3) is 0. The Morgan fingerprint density at radius 3 is 1.67 bits per heavy atom. The van der Waals surface area contributed by atoms with Crippen LogP contribution in [0, 0.1) is 0 Å². The summed E-state index contributed by atoms with van der Waals surface area (Å²) < 4.78 is 7.12. The number of nitrogens with two attached hydrogens (primary N) is 2. The van der Waals surface area contributed by atoms with E-state index < -0.39 is 8.60 Å². The third-order valence-corrected chi connectivity index (χ3v) is 0.516. The second-order valence-electron chi connectivity index (χ2n) is 0.434. The number of hydrogen-bond acceptors (Lipinski definition) is 5. The summed E-state index contributed by atoms with van der Waals surface area (Å²) in [5.41, 5.74) is 0. The molecule has 0 bridgehead atoms. The summed E-state index contributed by atoms with van der Waals surface area (Å²) in [6.07, 6.45) is 0. The van der Waals surface area contributed by atoms with E-state index in [2.05, 4.69) is 21.0 Å². The molecule has 0 aliphatic rings. The van der Waals surface area contributed by atoms with Crippen molar-refractivity contribution in [3.05, 3.63) is 0 Å². The quantitative estimate of drug-likeness (QED) is 0.329. The van der Waals surface area contributed by atoms with Crippen LogP contribution in [-0.4, -0.2) is 0 Å². The van der Waals surface area contributed by atoms with Gasteiger partial charge in [-0.1, -0.05) is 0 Å². The summed E-state index contributed by atoms with van der Waals surface area (Å²) in [5, 5.41) is 0. The first-order valence-electron chi connectivity index (χ1n) is 1.02. The van der Waals surface area contributed by atoms with Gasteiger partial charge in [0.1, 0.15) is 8.60 Å². The lowest BCUT2D eigenvalue weighted by molar-refractivity contribution is -0.205. The smallest absolute Gasteiger partial charge is 0.133 e. The van der Waals surface area contributed by atoms with Gasteiger partial charge in [-0.3, -0.25) is 9.25 Å². The highest BCUT2D eigenvalue weighted by atomic mass is 31.2. The lowest BCUT2D eigenvalue weighted by Crippen LogP contribution is -2.09. The molecular weight excluding hydrogens is 107 g/mol. The minimum Gasteiger partial charge on any atom is -0.783 e. The van der Waals surface area contributed by atoms with Crippen molar-refractivity contribution in [2.45, 2.75) is 0 Å². The predicted octanol–water partition coefficient (Wildman–Crippen LogP) is -1.65. The fourth-order valence-electron chi connectivity index (χ4n) is 0.0248. The van der Waals surface area contributed by atoms with Crippen LogP contribution in [-0.2, 0) is 9.25 Å². The Morgan fingerprint density at radius 1 is 1.33 bits per heavy atom. The molecule has 38 valence electrons. The van der Waals surface area contributed by atoms with Crippen LogP contribution in [0.5, 0.6) is 0 Å². The molecule has 0 fully saturated rings. The average molecular weight is 111 g/mol. The normalized spacial score (nSPS) is 10.0. The van der Waals surface area contributed by atoms with Crippen LogP contribution in [0.2, 0.25) is 0 Å². The largest absolute Gasteiger partial charge is 0.783 e. The second kappa shape index (κ2) is 3.42. The minimum absolute atomic E-state index is 2.27. The van der Waals surface area contributed by atoms with Gasteiger partial charge in [-0.15, -0.1) is 0 Å². The predicted molar refractivity (Wildman–Crippen MR) is 17.5 cm³/mol. The van der Waals surface area contributed by atoms with Gasteiger partial charge in [0, 0.05) is 0 Å². The topological polar surface area (TPSA) is 93.6 Å². The highest BCUT2D eigenvalue weighted by molar-refractivity contribution is 7.38. The van der Waals surface area contributed by atoms with Gasteiger partial charge in [0.2, 0.25) is 0 Å². The van der Waals surface area contributed by atoms with Gasteiger partial charge in [0.25, 0.3) is 0 Å². The van der Waals surface area contributed by atoms with Crippen LogP contribution in [0.1, 0.15) is 0 Å². The van der Waals surface area contributed by atoms with Crippen molar-refractivity contribution < 1.29 is 14.1 Å². The fourth-order valence-corrected chi connectivity index (χ4v) is 0.0745. The molecule has 0 spiro atoms. The van der Waals surface area contributed by atoms with Crippen molar-refractivity contribution in [2.24, 2.45) is 11.8 Å². The molecule has 6 heavy (non-hydrogen) atoms. The van der Waals surface area contributed by atoms with Crippen molar-refractivity contribution >= 4 is 8.60 Å². The monoisotopic (exact) mass is 111 g/mol. The molecule has 0 aliphatic heterocycles. The van der Waals surface area contributed by atoms with E-state index in [9.17, 15) is 4.89 Å². The molecule has 0 saturated carbocycles. The second-order valence-corrected chi connectivity index (χ2v) is 1.30. The van der Waals surface area contributed by atoms with Crippen LogP contribution in [0.15, 0.2) is 0 Å². The minimum atomic E-state index is -2.27. The van der Waals surface area contributed by atoms with Crippen molar-refractivity contribution in [1.29, 1.82) is 0 Å². The molecule has 4 N–H and O–H groups in total. The van der Waals surface area contributed by atoms with E-state index in [0.717, 1.165) is 0 Å². The highest BCUT2D eigenvalue weighted by Crippen LogP contribution is 2.19. The first kappa shape index (κ1) is 6.23. The molecular formula is H4N2O3P-. The van der Waals surface area contributed by atoms with E-state index in [0.29, 0.717) is 0 Å². The van der Waals surface area contributed by atoms with E-state index in [4.69, 9.17) is 0 Å². The molecule has 6 heteroatoms. The molecule has 0 saturated heterocycles. The Balaban J connectivity index is 2.75. The van der Waals surface area contributed by atoms with E-state index in [-0.39, 0.29) is 0 Å². The Kier molecular flexibility index (Phi) is 3.55. The molecule has 5 nitrogen and oxygen atoms in total. The summed E-state index contributed by atoms with van der Waals surface area (Å²) >= 11 is 0. The molecule has 0 unspecified atom stereocenters. The van der Waals surface area contributed by atoms with Gasteiger partial charge in [-0.2, -0.15) is 0 Å². The molecule has 0 rings (SSSR count). The van der Waals surface area contributed by atoms with E-state index >= 15 is 0 Å². The van der Waals surface area contributed by atoms with Gasteiger partial charge in [0.05, 0.1) is 0 Å². The molecule has 0 heterocycles. The van der Waals surface area contributed by atoms with Gasteiger partial charge in [-0.25, -0.2) is 11.8 Å². The zero-order valence-corrected chi connectivity index (χ0v) is 3.72. The molecule has 0 aromatic carbocycles. The maximum Gasteiger partial charge on any atom is 0.133 e. The molecule has 0 radical (unpaired) electrons. The highest BCUT2D eigenvalue weighted by Gasteiger charge is 1.80. The number of rotatable bonds is 2. The van der Waals surface area contributed by atoms with Crippen molar-refractivity contribution in [2.75, 3.05) is 0 Å². The van der Waals surface area contributed by atoms with E-state index in [1.165, 1.54) is 0 Å². The first-order valence-corrected chi connectivity index (χ1v) is 2.11. The molecule has 0 aliphatic carbocycles. The summed E-state index contributed by atoms with van der Waals surface area (Å²) in [7, 11) is -2.27. The maximum atomic E-state index is 9.63. The van der Waals surface area contributed by atoms with Gasteiger partial charge >= 0.3 is 0 Å². The third-order valence-electron chi connectivity index (χ3n) is 0.172. The molecule has 0 aromatic heterocycles. The van der Waals surface area contributed by atoms with Crippen LogP contribution >= 0.6 is 8.60 Å². The Labute approximate surface area is 35.7 Å². The average Bonchev–Trinajstić information content (AvgIpc) is 1.65. The van der Waals surface area contributed by atoms with Gasteiger partial charge in [-0.05, 0) is 0 Å². The zero-order valence-electron chi connectivity index (χ0n) is 2.83. The van der Waals surface area contributed by atoms with Crippen LogP contribution < -0.4 is 16.7 Å². The number of hydrogen-bond donors (Lipinski definition) is 2. The zero-order chi connectivity index (χ0) is 4.99. The van der Waals surface area contributed by atoms with E-state index in [1.54, 1.807) is 0 Å². The van der Waals surface area contributed by atoms with Crippen LogP contribution in [0.25, 0.3) is 0 Å². The van der Waals surface area contributed by atoms with E-state index in [1.807, 2.05) is 0 Å². The van der Waals surface area contributed by atoms with Gasteiger partial charge in [0.15, 0.2) is 0 Å². The molecule has 0 atom stereocenters. The standard InChI is InChI=1S/H4N2O3P/c1-4-6(3)5-2/h1-2H2/q-1. The lowest BCUT2D eigenvalue weighted by Gasteiger charge is -2.12.